The molecule has 0 atom stereocenters. The maximum atomic E-state index is 9.38. The molecule has 0 aliphatic heterocycles. The van der Waals surface area contributed by atoms with Crippen LogP contribution in [0, 0.1) is 13.3 Å². The maximum absolute atomic E-state index is 9.38. The quantitative estimate of drug-likeness (QED) is 0.445. The fourth-order valence-electron chi connectivity index (χ4n) is 0. The van der Waals surface area contributed by atoms with Crippen LogP contribution in [0.25, 0.3) is 0 Å². The normalized spacial score (nSPS) is 6.14. The molecule has 0 bridgehead atoms. The number of carbonyl (C=O) groups excluding carboxylic acids is 1. The van der Waals surface area contributed by atoms with Crippen molar-refractivity contribution in [1.82, 2.24) is 0 Å². The van der Waals surface area contributed by atoms with Gasteiger partial charge in [0.15, 0.2) is 0 Å². The molecule has 1 nitrogen and oxygen atoms in total. The molecular formula is C5H10ORu. The van der Waals surface area contributed by atoms with E-state index in [2.05, 4.69) is 0 Å². The Labute approximate surface area is 58.2 Å². The molecule has 0 aromatic heterocycles. The topological polar surface area (TPSA) is 17.1 Å². The van der Waals surface area contributed by atoms with Crippen molar-refractivity contribution in [2.45, 2.75) is 13.8 Å². The molecule has 0 saturated carbocycles. The Morgan fingerprint density at radius 3 is 1.57 bits per heavy atom. The molecule has 0 spiro atoms. The molecular weight excluding hydrogens is 177 g/mol. The van der Waals surface area contributed by atoms with E-state index >= 15 is 0 Å². The molecule has 0 amide bonds. The Bertz CT molecular complexity index is 35.1. The van der Waals surface area contributed by atoms with Crippen molar-refractivity contribution < 1.29 is 24.3 Å². The van der Waals surface area contributed by atoms with Crippen LogP contribution in [0.3, 0.4) is 0 Å². The summed E-state index contributed by atoms with van der Waals surface area (Å²) in [4.78, 5) is 9.38. The largest absolute Gasteiger partial charge is 2.00 e. The zero-order chi connectivity index (χ0) is 4.28. The van der Waals surface area contributed by atoms with Crippen molar-refractivity contribution in [3.8, 4) is 0 Å². The van der Waals surface area contributed by atoms with Crippen LogP contribution >= 0.6 is 0 Å². The van der Waals surface area contributed by atoms with Gasteiger partial charge in [-0.05, 0) is 0 Å². The predicted molar refractivity (Wildman–Crippen MR) is 26.9 cm³/mol. The van der Waals surface area contributed by atoms with Gasteiger partial charge in [0.1, 0.15) is 0 Å². The zero-order valence-electron chi connectivity index (χ0n) is 4.84. The number of hydrogen-bond acceptors (Lipinski definition) is 1. The zero-order valence-corrected chi connectivity index (χ0v) is 6.58. The molecule has 0 aliphatic rings. The summed E-state index contributed by atoms with van der Waals surface area (Å²) in [6, 6.07) is 0. The van der Waals surface area contributed by atoms with Gasteiger partial charge in [0, 0.05) is 0 Å². The van der Waals surface area contributed by atoms with Gasteiger partial charge in [-0.3, -0.25) is 6.29 Å². The fourth-order valence-corrected chi connectivity index (χ4v) is 0. The first-order valence-corrected chi connectivity index (χ1v) is 1.65. The van der Waals surface area contributed by atoms with Crippen molar-refractivity contribution in [3.63, 3.8) is 0 Å². The van der Waals surface area contributed by atoms with Gasteiger partial charge in [-0.1, -0.05) is 13.8 Å². The van der Waals surface area contributed by atoms with Gasteiger partial charge in [-0.2, -0.15) is 0 Å². The molecule has 0 unspecified atom stereocenters. The van der Waals surface area contributed by atoms with E-state index in [-0.39, 0.29) is 32.8 Å². The molecule has 0 fully saturated rings. The summed E-state index contributed by atoms with van der Waals surface area (Å²) >= 11 is 0. The van der Waals surface area contributed by atoms with Gasteiger partial charge < -0.3 is 12.2 Å². The second-order valence-corrected chi connectivity index (χ2v) is 1.27. The molecule has 7 heavy (non-hydrogen) atoms. The molecule has 0 aliphatic carbocycles. The van der Waals surface area contributed by atoms with Crippen LogP contribution in [0.15, 0.2) is 0 Å². The summed E-state index contributed by atoms with van der Waals surface area (Å²) < 4.78 is 0. The van der Waals surface area contributed by atoms with Crippen molar-refractivity contribution in [1.29, 1.82) is 0 Å². The van der Waals surface area contributed by atoms with Gasteiger partial charge >= 0.3 is 19.5 Å². The van der Waals surface area contributed by atoms with Gasteiger partial charge in [0.2, 0.25) is 0 Å². The molecule has 0 aromatic carbocycles. The van der Waals surface area contributed by atoms with Gasteiger partial charge in [-0.15, -0.1) is 5.92 Å². The van der Waals surface area contributed by atoms with Crippen molar-refractivity contribution in [3.05, 3.63) is 7.43 Å². The summed E-state index contributed by atoms with van der Waals surface area (Å²) in [5.41, 5.74) is 0. The van der Waals surface area contributed by atoms with E-state index in [0.717, 1.165) is 0 Å². The first-order chi connectivity index (χ1) is 2.27. The van der Waals surface area contributed by atoms with E-state index in [1.54, 1.807) is 20.1 Å². The van der Waals surface area contributed by atoms with Gasteiger partial charge in [0.05, 0.1) is 0 Å². The molecule has 2 heteroatoms. The first kappa shape index (κ1) is 15.7. The van der Waals surface area contributed by atoms with Crippen LogP contribution in [-0.2, 0) is 24.3 Å². The molecule has 0 saturated heterocycles. The van der Waals surface area contributed by atoms with E-state index in [0.29, 0.717) is 0 Å². The summed E-state index contributed by atoms with van der Waals surface area (Å²) in [5.74, 6) is 0.0787. The first-order valence-electron chi connectivity index (χ1n) is 1.65. The average Bonchev–Trinajstić information content (AvgIpc) is 1.38. The monoisotopic (exact) mass is 188 g/mol. The standard InChI is InChI=1S/C4H7O.CH3.Ru/c1-4(2)3-5;;/h4H,1-2H3;1H3;/q2*-1;+2. The third-order valence-corrected chi connectivity index (χ3v) is 0.236. The van der Waals surface area contributed by atoms with Crippen LogP contribution < -0.4 is 0 Å². The number of rotatable bonds is 1. The average molecular weight is 187 g/mol. The Morgan fingerprint density at radius 1 is 1.43 bits per heavy atom. The van der Waals surface area contributed by atoms with E-state index in [1.165, 1.54) is 0 Å². The molecule has 0 aromatic rings. The predicted octanol–water partition coefficient (Wildman–Crippen LogP) is 1.20. The summed E-state index contributed by atoms with van der Waals surface area (Å²) in [6.07, 6.45) is 1.78. The summed E-state index contributed by atoms with van der Waals surface area (Å²) in [7, 11) is 0. The van der Waals surface area contributed by atoms with Crippen LogP contribution in [0.5, 0.6) is 0 Å². The Kier molecular flexibility index (Phi) is 21.4. The second-order valence-electron chi connectivity index (χ2n) is 1.27. The van der Waals surface area contributed by atoms with Crippen molar-refractivity contribution in [2.24, 2.45) is 5.92 Å². The fraction of sp³-hybridized carbons (Fsp3) is 0.600. The molecule has 0 N–H and O–H groups in total. The Morgan fingerprint density at radius 2 is 1.57 bits per heavy atom. The summed E-state index contributed by atoms with van der Waals surface area (Å²) in [5, 5.41) is 0. The van der Waals surface area contributed by atoms with Crippen LogP contribution in [0.4, 0.5) is 0 Å². The minimum absolute atomic E-state index is 0. The van der Waals surface area contributed by atoms with Crippen molar-refractivity contribution in [2.75, 3.05) is 0 Å². The molecule has 0 radical (unpaired) electrons. The molecule has 0 heterocycles. The number of hydrogen-bond donors (Lipinski definition) is 0. The van der Waals surface area contributed by atoms with E-state index in [1.807, 2.05) is 0 Å². The molecule has 44 valence electrons. The van der Waals surface area contributed by atoms with E-state index in [9.17, 15) is 4.79 Å². The second kappa shape index (κ2) is 9.57. The SMILES string of the molecule is CC(C)[C-]=O.[CH3-].[Ru+2]. The smallest absolute Gasteiger partial charge is 0.542 e. The van der Waals surface area contributed by atoms with Crippen LogP contribution in [-0.4, -0.2) is 6.29 Å². The van der Waals surface area contributed by atoms with Crippen molar-refractivity contribution >= 4 is 6.29 Å². The van der Waals surface area contributed by atoms with E-state index in [4.69, 9.17) is 0 Å². The van der Waals surface area contributed by atoms with Gasteiger partial charge in [0.25, 0.3) is 0 Å². The third kappa shape index (κ3) is 22.1. The molecule has 0 rings (SSSR count). The van der Waals surface area contributed by atoms with Crippen LogP contribution in [0.1, 0.15) is 13.8 Å². The maximum Gasteiger partial charge on any atom is 2.00 e. The van der Waals surface area contributed by atoms with E-state index < -0.39 is 0 Å². The van der Waals surface area contributed by atoms with Crippen LogP contribution in [0.2, 0.25) is 0 Å². The summed E-state index contributed by atoms with van der Waals surface area (Å²) in [6.45, 7) is 3.60. The minimum atomic E-state index is 0. The Hall–Kier alpha value is 0.293. The minimum Gasteiger partial charge on any atom is -0.542 e. The third-order valence-electron chi connectivity index (χ3n) is 0.236. The Balaban J connectivity index is -0.0000000800. The van der Waals surface area contributed by atoms with Gasteiger partial charge in [-0.25, -0.2) is 0 Å².